The highest BCUT2D eigenvalue weighted by molar-refractivity contribution is 7.89. The van der Waals surface area contributed by atoms with Crippen molar-refractivity contribution in [2.75, 3.05) is 25.4 Å². The van der Waals surface area contributed by atoms with Crippen LogP contribution in [0.25, 0.3) is 0 Å². The molecule has 0 aromatic heterocycles. The second kappa shape index (κ2) is 6.40. The monoisotopic (exact) mass is 315 g/mol. The molecule has 0 saturated carbocycles. The van der Waals surface area contributed by atoms with Crippen LogP contribution in [0, 0.1) is 5.82 Å². The summed E-state index contributed by atoms with van der Waals surface area (Å²) in [4.78, 5) is 13.3. The van der Waals surface area contributed by atoms with Gasteiger partial charge in [-0.1, -0.05) is 0 Å². The van der Waals surface area contributed by atoms with Crippen molar-refractivity contribution < 1.29 is 17.6 Å². The summed E-state index contributed by atoms with van der Waals surface area (Å²) in [6, 6.07) is 3.21. The Hall–Kier alpha value is -1.67. The lowest BCUT2D eigenvalue weighted by molar-refractivity contribution is -0.130. The van der Waals surface area contributed by atoms with Crippen LogP contribution in [0.2, 0.25) is 0 Å². The number of anilines is 1. The number of carbonyl (C=O) groups excluding carboxylic acids is 1. The number of carbonyl (C=O) groups is 1. The average Bonchev–Trinajstić information content (AvgIpc) is 2.48. The number of nitrogens with zero attached hydrogens (tertiary/aromatic N) is 1. The molecule has 1 aliphatic rings. The lowest BCUT2D eigenvalue weighted by Gasteiger charge is -2.26. The van der Waals surface area contributed by atoms with Crippen molar-refractivity contribution in [3.63, 3.8) is 0 Å². The molecule has 1 saturated heterocycles. The molecule has 1 fully saturated rings. The molecule has 6 nitrogen and oxygen atoms in total. The number of nitrogens with one attached hydrogen (secondary N) is 1. The zero-order chi connectivity index (χ0) is 15.5. The molecule has 1 aliphatic heterocycles. The fraction of sp³-hybridized carbons (Fsp3) is 0.462. The number of amides is 1. The number of hydrogen-bond acceptors (Lipinski definition) is 4. The molecule has 1 aromatic carbocycles. The van der Waals surface area contributed by atoms with Crippen molar-refractivity contribution >= 4 is 21.6 Å². The summed E-state index contributed by atoms with van der Waals surface area (Å²) in [6.07, 6.45) is 2.95. The maximum atomic E-state index is 13.3. The Morgan fingerprint density at radius 2 is 1.95 bits per heavy atom. The first-order valence-electron chi connectivity index (χ1n) is 6.72. The zero-order valence-electron chi connectivity index (χ0n) is 11.5. The van der Waals surface area contributed by atoms with Gasteiger partial charge in [0.25, 0.3) is 0 Å². The fourth-order valence-corrected chi connectivity index (χ4v) is 3.16. The Balaban J connectivity index is 2.00. The van der Waals surface area contributed by atoms with Gasteiger partial charge in [-0.2, -0.15) is 0 Å². The van der Waals surface area contributed by atoms with Gasteiger partial charge in [-0.05, 0) is 37.5 Å². The Bertz CT molecular complexity index is 628. The summed E-state index contributed by atoms with van der Waals surface area (Å²) in [5, 5.41) is 0. The van der Waals surface area contributed by atoms with E-state index in [-0.39, 0.29) is 23.0 Å². The van der Waals surface area contributed by atoms with Crippen LogP contribution in [0.1, 0.15) is 19.3 Å². The van der Waals surface area contributed by atoms with Crippen LogP contribution in [0.5, 0.6) is 0 Å². The Morgan fingerprint density at radius 1 is 1.29 bits per heavy atom. The average molecular weight is 315 g/mol. The van der Waals surface area contributed by atoms with Crippen LogP contribution in [-0.4, -0.2) is 38.9 Å². The molecule has 1 amide bonds. The van der Waals surface area contributed by atoms with E-state index in [1.807, 2.05) is 0 Å². The number of hydrogen-bond donors (Lipinski definition) is 2. The molecule has 1 heterocycles. The van der Waals surface area contributed by atoms with Gasteiger partial charge in [-0.15, -0.1) is 0 Å². The summed E-state index contributed by atoms with van der Waals surface area (Å²) in [5.41, 5.74) is 5.17. The van der Waals surface area contributed by atoms with Crippen LogP contribution in [0.3, 0.4) is 0 Å². The van der Waals surface area contributed by atoms with Crippen molar-refractivity contribution in [1.29, 1.82) is 0 Å². The molecule has 0 spiro atoms. The summed E-state index contributed by atoms with van der Waals surface area (Å²) in [6.45, 7) is 0.975. The summed E-state index contributed by atoms with van der Waals surface area (Å²) in [5.74, 6) is -1.07. The van der Waals surface area contributed by atoms with E-state index in [9.17, 15) is 17.6 Å². The van der Waals surface area contributed by atoms with Gasteiger partial charge in [0.2, 0.25) is 15.9 Å². The minimum absolute atomic E-state index is 0.127. The van der Waals surface area contributed by atoms with E-state index >= 15 is 0 Å². The van der Waals surface area contributed by atoms with E-state index in [0.29, 0.717) is 13.1 Å². The summed E-state index contributed by atoms with van der Waals surface area (Å²) < 4.78 is 39.5. The third-order valence-corrected chi connectivity index (χ3v) is 4.80. The second-order valence-corrected chi connectivity index (χ2v) is 6.72. The first-order chi connectivity index (χ1) is 9.90. The SMILES string of the molecule is Nc1ccc(S(=O)(=O)NCC(=O)N2CCCCC2)cc1F. The molecular weight excluding hydrogens is 297 g/mol. The normalized spacial score (nSPS) is 16.0. The lowest BCUT2D eigenvalue weighted by atomic mass is 10.1. The Labute approximate surface area is 123 Å². The van der Waals surface area contributed by atoms with E-state index in [1.165, 1.54) is 12.1 Å². The van der Waals surface area contributed by atoms with Crippen molar-refractivity contribution in [3.05, 3.63) is 24.0 Å². The Kier molecular flexibility index (Phi) is 4.79. The molecule has 21 heavy (non-hydrogen) atoms. The van der Waals surface area contributed by atoms with Crippen molar-refractivity contribution in [2.45, 2.75) is 24.2 Å². The van der Waals surface area contributed by atoms with Crippen LogP contribution >= 0.6 is 0 Å². The number of likely N-dealkylation sites (tertiary alicyclic amines) is 1. The van der Waals surface area contributed by atoms with Crippen LogP contribution < -0.4 is 10.5 Å². The minimum atomic E-state index is -3.93. The highest BCUT2D eigenvalue weighted by Gasteiger charge is 2.20. The summed E-state index contributed by atoms with van der Waals surface area (Å²) >= 11 is 0. The molecule has 0 radical (unpaired) electrons. The minimum Gasteiger partial charge on any atom is -0.396 e. The van der Waals surface area contributed by atoms with Gasteiger partial charge in [0.1, 0.15) is 5.82 Å². The molecule has 0 aliphatic carbocycles. The van der Waals surface area contributed by atoms with Gasteiger partial charge in [0, 0.05) is 13.1 Å². The van der Waals surface area contributed by atoms with Crippen molar-refractivity contribution in [1.82, 2.24) is 9.62 Å². The molecule has 0 atom stereocenters. The Morgan fingerprint density at radius 3 is 2.57 bits per heavy atom. The third-order valence-electron chi connectivity index (χ3n) is 3.40. The van der Waals surface area contributed by atoms with Gasteiger partial charge in [0.05, 0.1) is 17.1 Å². The van der Waals surface area contributed by atoms with E-state index in [4.69, 9.17) is 5.73 Å². The number of sulfonamides is 1. The number of benzene rings is 1. The largest absolute Gasteiger partial charge is 0.396 e. The maximum Gasteiger partial charge on any atom is 0.241 e. The predicted octanol–water partition coefficient (Wildman–Crippen LogP) is 0.699. The third kappa shape index (κ3) is 3.92. The predicted molar refractivity (Wildman–Crippen MR) is 76.4 cm³/mol. The number of nitrogens with two attached hydrogens (primary N) is 1. The van der Waals surface area contributed by atoms with Crippen molar-refractivity contribution in [2.24, 2.45) is 0 Å². The number of piperidine rings is 1. The first-order valence-corrected chi connectivity index (χ1v) is 8.21. The van der Waals surface area contributed by atoms with E-state index in [2.05, 4.69) is 4.72 Å². The highest BCUT2D eigenvalue weighted by atomic mass is 32.2. The van der Waals surface area contributed by atoms with E-state index in [1.54, 1.807) is 4.90 Å². The van der Waals surface area contributed by atoms with E-state index < -0.39 is 15.8 Å². The number of rotatable bonds is 4. The molecular formula is C13H18FN3O3S. The summed E-state index contributed by atoms with van der Waals surface area (Å²) in [7, 11) is -3.93. The lowest BCUT2D eigenvalue weighted by Crippen LogP contribution is -2.42. The van der Waals surface area contributed by atoms with Gasteiger partial charge in [0.15, 0.2) is 0 Å². The quantitative estimate of drug-likeness (QED) is 0.800. The fourth-order valence-electron chi connectivity index (χ4n) is 2.17. The number of halogens is 1. The topological polar surface area (TPSA) is 92.5 Å². The molecule has 0 unspecified atom stereocenters. The van der Waals surface area contributed by atoms with Crippen LogP contribution in [0.15, 0.2) is 23.1 Å². The molecule has 0 bridgehead atoms. The molecule has 2 rings (SSSR count). The standard InChI is InChI=1S/C13H18FN3O3S/c14-11-8-10(4-5-12(11)15)21(19,20)16-9-13(18)17-6-2-1-3-7-17/h4-5,8,16H,1-3,6-7,9,15H2. The first kappa shape index (κ1) is 15.7. The van der Waals surface area contributed by atoms with Crippen molar-refractivity contribution in [3.8, 4) is 0 Å². The molecule has 8 heteroatoms. The molecule has 1 aromatic rings. The molecule has 116 valence electrons. The maximum absolute atomic E-state index is 13.3. The van der Waals surface area contributed by atoms with Gasteiger partial charge >= 0.3 is 0 Å². The highest BCUT2D eigenvalue weighted by Crippen LogP contribution is 2.16. The second-order valence-electron chi connectivity index (χ2n) is 4.95. The zero-order valence-corrected chi connectivity index (χ0v) is 12.3. The van der Waals surface area contributed by atoms with Gasteiger partial charge in [-0.25, -0.2) is 17.5 Å². The van der Waals surface area contributed by atoms with Crippen LogP contribution in [-0.2, 0) is 14.8 Å². The van der Waals surface area contributed by atoms with Crippen LogP contribution in [0.4, 0.5) is 10.1 Å². The van der Waals surface area contributed by atoms with E-state index in [0.717, 1.165) is 25.3 Å². The molecule has 3 N–H and O–H groups in total. The number of nitrogen functional groups attached to an aromatic ring is 1. The van der Waals surface area contributed by atoms with Gasteiger partial charge in [-0.3, -0.25) is 4.79 Å². The smallest absolute Gasteiger partial charge is 0.241 e. The van der Waals surface area contributed by atoms with Gasteiger partial charge < -0.3 is 10.6 Å².